The molecule has 0 aliphatic heterocycles. The number of anilines is 1. The summed E-state index contributed by atoms with van der Waals surface area (Å²) in [4.78, 5) is 4.49. The standard InChI is InChI=1S/C15H13BrFN3O/c1-8-5-13-19-14(15(18)20(13)7-10(8)16)9-3-4-12(21-2)11(17)6-9/h3-7H,18H2,1-2H3. The highest BCUT2D eigenvalue weighted by atomic mass is 79.9. The van der Waals surface area contributed by atoms with Gasteiger partial charge in [-0.25, -0.2) is 9.37 Å². The molecule has 0 fully saturated rings. The van der Waals surface area contributed by atoms with Gasteiger partial charge in [0, 0.05) is 16.2 Å². The Bertz CT molecular complexity index is 845. The maximum Gasteiger partial charge on any atom is 0.165 e. The van der Waals surface area contributed by atoms with Gasteiger partial charge >= 0.3 is 0 Å². The van der Waals surface area contributed by atoms with Crippen molar-refractivity contribution in [3.05, 3.63) is 46.3 Å². The first kappa shape index (κ1) is 13.9. The lowest BCUT2D eigenvalue weighted by atomic mass is 10.1. The lowest BCUT2D eigenvalue weighted by Crippen LogP contribution is -1.95. The van der Waals surface area contributed by atoms with Crippen molar-refractivity contribution in [2.75, 3.05) is 12.8 Å². The number of imidazole rings is 1. The van der Waals surface area contributed by atoms with Gasteiger partial charge in [0.15, 0.2) is 11.6 Å². The number of benzene rings is 1. The van der Waals surface area contributed by atoms with Crippen LogP contribution < -0.4 is 10.5 Å². The largest absolute Gasteiger partial charge is 0.494 e. The van der Waals surface area contributed by atoms with Crippen LogP contribution in [0.3, 0.4) is 0 Å². The highest BCUT2D eigenvalue weighted by molar-refractivity contribution is 9.10. The molecule has 6 heteroatoms. The van der Waals surface area contributed by atoms with Gasteiger partial charge in [0.25, 0.3) is 0 Å². The molecular formula is C15H13BrFN3O. The van der Waals surface area contributed by atoms with Gasteiger partial charge in [0.2, 0.25) is 0 Å². The van der Waals surface area contributed by atoms with Gasteiger partial charge in [0.05, 0.1) is 7.11 Å². The number of pyridine rings is 1. The smallest absolute Gasteiger partial charge is 0.165 e. The average molecular weight is 350 g/mol. The zero-order valence-corrected chi connectivity index (χ0v) is 13.1. The van der Waals surface area contributed by atoms with Crippen molar-refractivity contribution in [3.8, 4) is 17.0 Å². The third-order valence-corrected chi connectivity index (χ3v) is 4.20. The van der Waals surface area contributed by atoms with E-state index in [1.54, 1.807) is 16.5 Å². The third-order valence-electron chi connectivity index (χ3n) is 3.37. The van der Waals surface area contributed by atoms with Crippen LogP contribution in [0.15, 0.2) is 34.9 Å². The van der Waals surface area contributed by atoms with E-state index < -0.39 is 5.82 Å². The predicted octanol–water partition coefficient (Wildman–Crippen LogP) is 3.80. The van der Waals surface area contributed by atoms with Gasteiger partial charge in [-0.05, 0) is 52.7 Å². The lowest BCUT2D eigenvalue weighted by molar-refractivity contribution is 0.386. The number of aryl methyl sites for hydroxylation is 1. The first-order chi connectivity index (χ1) is 10.0. The molecule has 2 aromatic heterocycles. The number of ether oxygens (including phenoxy) is 1. The van der Waals surface area contributed by atoms with Gasteiger partial charge in [-0.15, -0.1) is 0 Å². The molecule has 0 spiro atoms. The second-order valence-corrected chi connectivity index (χ2v) is 5.58. The van der Waals surface area contributed by atoms with Crippen LogP contribution in [-0.4, -0.2) is 16.5 Å². The molecule has 21 heavy (non-hydrogen) atoms. The van der Waals surface area contributed by atoms with Crippen molar-refractivity contribution in [3.63, 3.8) is 0 Å². The molecule has 4 nitrogen and oxygen atoms in total. The fraction of sp³-hybridized carbons (Fsp3) is 0.133. The quantitative estimate of drug-likeness (QED) is 0.765. The van der Waals surface area contributed by atoms with E-state index in [2.05, 4.69) is 20.9 Å². The summed E-state index contributed by atoms with van der Waals surface area (Å²) in [6, 6.07) is 6.60. The third kappa shape index (κ3) is 2.25. The van der Waals surface area contributed by atoms with Gasteiger partial charge < -0.3 is 10.5 Å². The van der Waals surface area contributed by atoms with E-state index in [-0.39, 0.29) is 5.75 Å². The fourth-order valence-corrected chi connectivity index (χ4v) is 2.52. The Morgan fingerprint density at radius 1 is 1.33 bits per heavy atom. The van der Waals surface area contributed by atoms with Crippen LogP contribution in [0.5, 0.6) is 5.75 Å². The number of methoxy groups -OCH3 is 1. The molecule has 2 heterocycles. The number of nitrogen functional groups attached to an aromatic ring is 1. The molecule has 0 aliphatic carbocycles. The van der Waals surface area contributed by atoms with Crippen LogP contribution in [0.4, 0.5) is 10.2 Å². The second-order valence-electron chi connectivity index (χ2n) is 4.73. The fourth-order valence-electron chi connectivity index (χ4n) is 2.20. The van der Waals surface area contributed by atoms with E-state index in [0.717, 1.165) is 15.7 Å². The van der Waals surface area contributed by atoms with E-state index >= 15 is 0 Å². The van der Waals surface area contributed by atoms with Crippen molar-refractivity contribution in [1.82, 2.24) is 9.38 Å². The molecule has 0 saturated heterocycles. The van der Waals surface area contributed by atoms with Crippen LogP contribution in [-0.2, 0) is 0 Å². The van der Waals surface area contributed by atoms with Crippen molar-refractivity contribution in [2.24, 2.45) is 0 Å². The highest BCUT2D eigenvalue weighted by Gasteiger charge is 2.14. The number of aromatic nitrogens is 2. The summed E-state index contributed by atoms with van der Waals surface area (Å²) in [6.07, 6.45) is 1.86. The summed E-state index contributed by atoms with van der Waals surface area (Å²) in [5.41, 5.74) is 9.08. The molecule has 0 unspecified atom stereocenters. The van der Waals surface area contributed by atoms with Crippen molar-refractivity contribution in [1.29, 1.82) is 0 Å². The Labute approximate surface area is 129 Å². The number of halogens is 2. The molecule has 0 aliphatic rings. The first-order valence-corrected chi connectivity index (χ1v) is 7.08. The number of hydrogen-bond acceptors (Lipinski definition) is 3. The first-order valence-electron chi connectivity index (χ1n) is 6.29. The minimum atomic E-state index is -0.441. The molecule has 0 amide bonds. The summed E-state index contributed by atoms with van der Waals surface area (Å²) in [6.45, 7) is 1.97. The molecule has 1 aromatic carbocycles. The zero-order chi connectivity index (χ0) is 15.1. The van der Waals surface area contributed by atoms with E-state index in [0.29, 0.717) is 17.1 Å². The van der Waals surface area contributed by atoms with Crippen LogP contribution in [0.1, 0.15) is 5.56 Å². The number of hydrogen-bond donors (Lipinski definition) is 1. The number of rotatable bonds is 2. The Morgan fingerprint density at radius 3 is 2.76 bits per heavy atom. The summed E-state index contributed by atoms with van der Waals surface area (Å²) in [5, 5.41) is 0. The number of nitrogens with two attached hydrogens (primary N) is 1. The van der Waals surface area contributed by atoms with Crippen molar-refractivity contribution < 1.29 is 9.13 Å². The van der Waals surface area contributed by atoms with E-state index in [4.69, 9.17) is 10.5 Å². The summed E-state index contributed by atoms with van der Waals surface area (Å²) < 4.78 is 21.5. The Hall–Kier alpha value is -2.08. The average Bonchev–Trinajstić information content (AvgIpc) is 2.76. The Morgan fingerprint density at radius 2 is 2.10 bits per heavy atom. The van der Waals surface area contributed by atoms with Crippen molar-refractivity contribution in [2.45, 2.75) is 6.92 Å². The molecule has 0 bridgehead atoms. The maximum atomic E-state index is 13.8. The molecule has 0 atom stereocenters. The topological polar surface area (TPSA) is 52.5 Å². The molecule has 108 valence electrons. The lowest BCUT2D eigenvalue weighted by Gasteiger charge is -2.04. The monoisotopic (exact) mass is 349 g/mol. The van der Waals surface area contributed by atoms with E-state index in [9.17, 15) is 4.39 Å². The summed E-state index contributed by atoms with van der Waals surface area (Å²) in [5.74, 6) is 0.221. The second kappa shape index (κ2) is 5.04. The Kier molecular flexibility index (Phi) is 3.33. The minimum Gasteiger partial charge on any atom is -0.494 e. The summed E-state index contributed by atoms with van der Waals surface area (Å²) >= 11 is 3.47. The molecule has 3 rings (SSSR count). The van der Waals surface area contributed by atoms with Gasteiger partial charge in [-0.2, -0.15) is 0 Å². The van der Waals surface area contributed by atoms with Crippen LogP contribution >= 0.6 is 15.9 Å². The van der Waals surface area contributed by atoms with Gasteiger partial charge in [-0.1, -0.05) is 0 Å². The van der Waals surface area contributed by atoms with Gasteiger partial charge in [-0.3, -0.25) is 4.40 Å². The molecule has 0 saturated carbocycles. The molecule has 2 N–H and O–H groups in total. The van der Waals surface area contributed by atoms with Crippen LogP contribution in [0.2, 0.25) is 0 Å². The number of nitrogens with zero attached hydrogens (tertiary/aromatic N) is 2. The Balaban J connectivity index is 2.21. The zero-order valence-electron chi connectivity index (χ0n) is 11.5. The van der Waals surface area contributed by atoms with Gasteiger partial charge in [0.1, 0.15) is 17.2 Å². The highest BCUT2D eigenvalue weighted by Crippen LogP contribution is 2.31. The molecule has 0 radical (unpaired) electrons. The molecular weight excluding hydrogens is 337 g/mol. The summed E-state index contributed by atoms with van der Waals surface area (Å²) in [7, 11) is 1.43. The maximum absolute atomic E-state index is 13.8. The van der Waals surface area contributed by atoms with Crippen LogP contribution in [0.25, 0.3) is 16.9 Å². The predicted molar refractivity (Wildman–Crippen MR) is 84.0 cm³/mol. The normalized spacial score (nSPS) is 11.0. The SMILES string of the molecule is COc1ccc(-c2nc3cc(C)c(Br)cn3c2N)cc1F. The van der Waals surface area contributed by atoms with Crippen molar-refractivity contribution >= 4 is 27.4 Å². The van der Waals surface area contributed by atoms with E-state index in [1.807, 2.05) is 19.2 Å². The number of fused-ring (bicyclic) bond motifs is 1. The van der Waals surface area contributed by atoms with E-state index in [1.165, 1.54) is 13.2 Å². The minimum absolute atomic E-state index is 0.194. The molecule has 3 aromatic rings. The van der Waals surface area contributed by atoms with Crippen LogP contribution in [0, 0.1) is 12.7 Å².